The lowest BCUT2D eigenvalue weighted by Crippen LogP contribution is -2.50. The van der Waals surface area contributed by atoms with Crippen molar-refractivity contribution in [3.05, 3.63) is 61.3 Å². The van der Waals surface area contributed by atoms with Gasteiger partial charge in [0.05, 0.1) is 9.80 Å². The van der Waals surface area contributed by atoms with E-state index in [2.05, 4.69) is 0 Å². The molecule has 0 N–H and O–H groups in total. The van der Waals surface area contributed by atoms with Gasteiger partial charge in [0.15, 0.2) is 0 Å². The first-order valence-corrected chi connectivity index (χ1v) is 8.79. The number of nitro benzene ring substituents is 1. The molecular weight excluding hydrogens is 366 g/mol. The third-order valence-corrected chi connectivity index (χ3v) is 5.07. The molecule has 1 aliphatic heterocycles. The number of carbonyl (C=O) groups excluding carboxylic acids is 2. The summed E-state index contributed by atoms with van der Waals surface area (Å²) in [5.41, 5.74) is -0.304. The summed E-state index contributed by atoms with van der Waals surface area (Å²) in [7, 11) is 0. The number of piperazine rings is 1. The second-order valence-electron chi connectivity index (χ2n) is 5.48. The summed E-state index contributed by atoms with van der Waals surface area (Å²) in [6.45, 7) is 1.44. The predicted molar refractivity (Wildman–Crippen MR) is 94.2 cm³/mol. The Labute approximate surface area is 152 Å². The average molecular weight is 380 g/mol. The van der Waals surface area contributed by atoms with E-state index in [4.69, 9.17) is 11.6 Å². The number of benzene rings is 1. The van der Waals surface area contributed by atoms with Crippen LogP contribution in [0.4, 0.5) is 5.69 Å². The van der Waals surface area contributed by atoms with E-state index >= 15 is 0 Å². The Balaban J connectivity index is 1.70. The van der Waals surface area contributed by atoms with Crippen LogP contribution in [0.1, 0.15) is 20.0 Å². The highest BCUT2D eigenvalue weighted by molar-refractivity contribution is 7.12. The molecule has 7 nitrogen and oxygen atoms in total. The highest BCUT2D eigenvalue weighted by atomic mass is 35.5. The zero-order valence-corrected chi connectivity index (χ0v) is 14.6. The maximum absolute atomic E-state index is 12.6. The lowest BCUT2D eigenvalue weighted by atomic mass is 10.1. The molecule has 1 saturated heterocycles. The van der Waals surface area contributed by atoms with Crippen LogP contribution in [-0.2, 0) is 0 Å². The van der Waals surface area contributed by atoms with E-state index in [0.717, 1.165) is 0 Å². The lowest BCUT2D eigenvalue weighted by molar-refractivity contribution is -0.385. The number of rotatable bonds is 3. The molecule has 0 saturated carbocycles. The van der Waals surface area contributed by atoms with Crippen LogP contribution in [0.3, 0.4) is 0 Å². The Morgan fingerprint density at radius 3 is 2.28 bits per heavy atom. The summed E-state index contributed by atoms with van der Waals surface area (Å²) < 4.78 is 0. The van der Waals surface area contributed by atoms with Crippen molar-refractivity contribution in [1.29, 1.82) is 0 Å². The summed E-state index contributed by atoms with van der Waals surface area (Å²) in [5.74, 6) is -0.480. The average Bonchev–Trinajstić information content (AvgIpc) is 3.15. The third-order valence-electron chi connectivity index (χ3n) is 3.97. The van der Waals surface area contributed by atoms with E-state index in [1.807, 2.05) is 11.4 Å². The Morgan fingerprint density at radius 2 is 1.72 bits per heavy atom. The van der Waals surface area contributed by atoms with Crippen molar-refractivity contribution in [3.63, 3.8) is 0 Å². The van der Waals surface area contributed by atoms with Gasteiger partial charge in [-0.05, 0) is 23.6 Å². The first-order chi connectivity index (χ1) is 12.0. The van der Waals surface area contributed by atoms with E-state index < -0.39 is 10.8 Å². The number of hydrogen-bond donors (Lipinski definition) is 0. The standard InChI is InChI=1S/C16H14ClN3O4S/c17-11-3-4-12(13(10-11)20(23)24)15(21)18-5-7-19(8-6-18)16(22)14-2-1-9-25-14/h1-4,9-10H,5-8H2. The van der Waals surface area contributed by atoms with Crippen LogP contribution < -0.4 is 0 Å². The smallest absolute Gasteiger partial charge is 0.283 e. The predicted octanol–water partition coefficient (Wildman–Crippen LogP) is 2.91. The van der Waals surface area contributed by atoms with Gasteiger partial charge in [-0.25, -0.2) is 0 Å². The second kappa shape index (κ2) is 7.20. The molecule has 1 fully saturated rings. The van der Waals surface area contributed by atoms with Crippen LogP contribution in [0.2, 0.25) is 5.02 Å². The van der Waals surface area contributed by atoms with Crippen LogP contribution in [0.5, 0.6) is 0 Å². The van der Waals surface area contributed by atoms with Crippen LogP contribution in [0, 0.1) is 10.1 Å². The highest BCUT2D eigenvalue weighted by Gasteiger charge is 2.29. The molecule has 0 atom stereocenters. The maximum Gasteiger partial charge on any atom is 0.283 e. The molecule has 25 heavy (non-hydrogen) atoms. The molecule has 0 bridgehead atoms. The van der Waals surface area contributed by atoms with E-state index in [0.29, 0.717) is 31.1 Å². The minimum Gasteiger partial charge on any atom is -0.335 e. The molecule has 1 aromatic carbocycles. The first kappa shape index (κ1) is 17.4. The first-order valence-electron chi connectivity index (χ1n) is 7.53. The molecule has 2 heterocycles. The van der Waals surface area contributed by atoms with Crippen LogP contribution in [0.15, 0.2) is 35.7 Å². The number of thiophene rings is 1. The Morgan fingerprint density at radius 1 is 1.08 bits per heavy atom. The number of halogens is 1. The molecular formula is C16H14ClN3O4S. The van der Waals surface area contributed by atoms with Crippen LogP contribution >= 0.6 is 22.9 Å². The molecule has 9 heteroatoms. The van der Waals surface area contributed by atoms with Gasteiger partial charge in [-0.3, -0.25) is 19.7 Å². The number of nitro groups is 1. The quantitative estimate of drug-likeness (QED) is 0.606. The topological polar surface area (TPSA) is 83.8 Å². The fourth-order valence-electron chi connectivity index (χ4n) is 2.68. The molecule has 0 radical (unpaired) electrons. The molecule has 1 aliphatic rings. The monoisotopic (exact) mass is 379 g/mol. The summed E-state index contributed by atoms with van der Waals surface area (Å²) in [4.78, 5) is 39.3. The molecule has 2 aromatic rings. The Hall–Kier alpha value is -2.45. The van der Waals surface area contributed by atoms with Gasteiger partial charge < -0.3 is 9.80 Å². The summed E-state index contributed by atoms with van der Waals surface area (Å²) in [5, 5.41) is 13.2. The summed E-state index contributed by atoms with van der Waals surface area (Å²) in [6.07, 6.45) is 0. The molecule has 2 amide bonds. The van der Waals surface area contributed by atoms with Crippen LogP contribution in [-0.4, -0.2) is 52.7 Å². The van der Waals surface area contributed by atoms with Gasteiger partial charge in [0.2, 0.25) is 0 Å². The fourth-order valence-corrected chi connectivity index (χ4v) is 3.53. The molecule has 3 rings (SSSR count). The van der Waals surface area contributed by atoms with Gasteiger partial charge in [-0.1, -0.05) is 17.7 Å². The lowest BCUT2D eigenvalue weighted by Gasteiger charge is -2.34. The summed E-state index contributed by atoms with van der Waals surface area (Å²) in [6, 6.07) is 7.58. The number of nitrogens with zero attached hydrogens (tertiary/aromatic N) is 3. The largest absolute Gasteiger partial charge is 0.335 e. The Kier molecular flexibility index (Phi) is 5.00. The molecule has 1 aromatic heterocycles. The minimum absolute atomic E-state index is 0.00688. The minimum atomic E-state index is -0.615. The van der Waals surface area contributed by atoms with Gasteiger partial charge in [-0.15, -0.1) is 11.3 Å². The maximum atomic E-state index is 12.6. The van der Waals surface area contributed by atoms with E-state index in [9.17, 15) is 19.7 Å². The van der Waals surface area contributed by atoms with Crippen molar-refractivity contribution in [2.45, 2.75) is 0 Å². The normalized spacial score (nSPS) is 14.4. The highest BCUT2D eigenvalue weighted by Crippen LogP contribution is 2.25. The SMILES string of the molecule is O=C(c1cccs1)N1CCN(C(=O)c2ccc(Cl)cc2[N+](=O)[O-])CC1. The van der Waals surface area contributed by atoms with E-state index in [1.165, 1.54) is 34.4 Å². The van der Waals surface area contributed by atoms with E-state index in [-0.39, 0.29) is 22.2 Å². The number of carbonyl (C=O) groups is 2. The van der Waals surface area contributed by atoms with Crippen molar-refractivity contribution < 1.29 is 14.5 Å². The van der Waals surface area contributed by atoms with Crippen molar-refractivity contribution in [1.82, 2.24) is 9.80 Å². The third kappa shape index (κ3) is 3.64. The van der Waals surface area contributed by atoms with Gasteiger partial charge in [0.25, 0.3) is 17.5 Å². The van der Waals surface area contributed by atoms with Gasteiger partial charge in [0.1, 0.15) is 5.56 Å². The van der Waals surface area contributed by atoms with Gasteiger partial charge >= 0.3 is 0 Å². The van der Waals surface area contributed by atoms with Gasteiger partial charge in [-0.2, -0.15) is 0 Å². The molecule has 0 spiro atoms. The van der Waals surface area contributed by atoms with Crippen molar-refractivity contribution in [2.24, 2.45) is 0 Å². The fraction of sp³-hybridized carbons (Fsp3) is 0.250. The van der Waals surface area contributed by atoms with Crippen molar-refractivity contribution >= 4 is 40.4 Å². The molecule has 130 valence electrons. The van der Waals surface area contributed by atoms with E-state index in [1.54, 1.807) is 11.0 Å². The molecule has 0 aliphatic carbocycles. The zero-order chi connectivity index (χ0) is 18.0. The van der Waals surface area contributed by atoms with Crippen molar-refractivity contribution in [3.8, 4) is 0 Å². The zero-order valence-electron chi connectivity index (χ0n) is 13.1. The van der Waals surface area contributed by atoms with Crippen LogP contribution in [0.25, 0.3) is 0 Å². The second-order valence-corrected chi connectivity index (χ2v) is 6.86. The van der Waals surface area contributed by atoms with Gasteiger partial charge in [0, 0.05) is 37.3 Å². The number of amides is 2. The summed E-state index contributed by atoms with van der Waals surface area (Å²) >= 11 is 7.16. The van der Waals surface area contributed by atoms with Crippen molar-refractivity contribution in [2.75, 3.05) is 26.2 Å². The number of hydrogen-bond acceptors (Lipinski definition) is 5. The Bertz CT molecular complexity index is 817. The molecule has 0 unspecified atom stereocenters.